The largest absolute Gasteiger partial charge is 0.385 e. The van der Waals surface area contributed by atoms with E-state index in [9.17, 15) is 0 Å². The molecule has 0 radical (unpaired) electrons. The third-order valence-corrected chi connectivity index (χ3v) is 0.519. The Labute approximate surface area is 42.7 Å². The van der Waals surface area contributed by atoms with Crippen LogP contribution in [0.2, 0.25) is 0 Å². The summed E-state index contributed by atoms with van der Waals surface area (Å²) < 4.78 is 0. The van der Waals surface area contributed by atoms with Crippen LogP contribution in [0.25, 0.3) is 0 Å². The summed E-state index contributed by atoms with van der Waals surface area (Å²) in [6.45, 7) is 3.43. The van der Waals surface area contributed by atoms with Gasteiger partial charge in [0.2, 0.25) is 0 Å². The van der Waals surface area contributed by atoms with Crippen LogP contribution in [0.1, 0.15) is 6.42 Å². The smallest absolute Gasteiger partial charge is 0.123 e. The van der Waals surface area contributed by atoms with Gasteiger partial charge in [-0.1, -0.05) is 6.08 Å². The fraction of sp³-hybridized carbons (Fsp3) is 0.250. The molecule has 40 valence electrons. The van der Waals surface area contributed by atoms with Crippen LogP contribution in [-0.2, 0) is 0 Å². The molecule has 0 atom stereocenters. The second-order valence-corrected chi connectivity index (χ2v) is 1.11. The third-order valence-electron chi connectivity index (χ3n) is 0.519. The van der Waals surface area contributed by atoms with Crippen molar-refractivity contribution in [3.63, 3.8) is 0 Å². The number of nitrogens with two attached hydrogens (primary N) is 2. The van der Waals surface area contributed by atoms with Gasteiger partial charge in [-0.15, -0.1) is 6.58 Å². The second-order valence-electron chi connectivity index (χ2n) is 1.11. The Morgan fingerprint density at radius 3 is 2.57 bits per heavy atom. The fourth-order valence-corrected chi connectivity index (χ4v) is 0.201. The van der Waals surface area contributed by atoms with Crippen molar-refractivity contribution < 1.29 is 0 Å². The van der Waals surface area contributed by atoms with Crippen molar-refractivity contribution in [2.75, 3.05) is 0 Å². The fourth-order valence-electron chi connectivity index (χ4n) is 0.201. The van der Waals surface area contributed by atoms with E-state index in [1.54, 1.807) is 6.08 Å². The first-order valence-electron chi connectivity index (χ1n) is 1.94. The molecule has 0 aliphatic heterocycles. The minimum atomic E-state index is 0.412. The van der Waals surface area contributed by atoms with Crippen LogP contribution in [0.15, 0.2) is 17.8 Å². The van der Waals surface area contributed by atoms with Gasteiger partial charge in [0.25, 0.3) is 0 Å². The van der Waals surface area contributed by atoms with E-state index >= 15 is 0 Å². The highest BCUT2D eigenvalue weighted by molar-refractivity contribution is 5.81. The summed E-state index contributed by atoms with van der Waals surface area (Å²) in [5.74, 6) is 5.19. The summed E-state index contributed by atoms with van der Waals surface area (Å²) in [4.78, 5) is 0. The zero-order valence-corrected chi connectivity index (χ0v) is 4.09. The molecule has 0 saturated heterocycles. The van der Waals surface area contributed by atoms with Gasteiger partial charge in [0.15, 0.2) is 0 Å². The Hall–Kier alpha value is -0.990. The van der Waals surface area contributed by atoms with Gasteiger partial charge in [-0.25, -0.2) is 0 Å². The normalized spacial score (nSPS) is 11.1. The molecule has 0 aliphatic rings. The number of amidine groups is 1. The standard InChI is InChI=1S/C4H9N3/c1-2-3-4(5)7-6/h2H,1,3,6H2,(H2,5,7). The predicted octanol–water partition coefficient (Wildman–Crippen LogP) is -0.207. The van der Waals surface area contributed by atoms with Crippen molar-refractivity contribution >= 4 is 5.84 Å². The van der Waals surface area contributed by atoms with Crippen molar-refractivity contribution in [1.82, 2.24) is 0 Å². The van der Waals surface area contributed by atoms with Crippen LogP contribution in [0, 0.1) is 0 Å². The minimum Gasteiger partial charge on any atom is -0.385 e. The Bertz CT molecular complexity index is 84.9. The SMILES string of the molecule is C=CCC(N)=NN. The van der Waals surface area contributed by atoms with Gasteiger partial charge < -0.3 is 11.6 Å². The molecule has 7 heavy (non-hydrogen) atoms. The monoisotopic (exact) mass is 99.1 g/mol. The van der Waals surface area contributed by atoms with Gasteiger partial charge in [-0.3, -0.25) is 0 Å². The molecular formula is C4H9N3. The lowest BCUT2D eigenvalue weighted by Crippen LogP contribution is -2.11. The van der Waals surface area contributed by atoms with Crippen LogP contribution >= 0.6 is 0 Å². The van der Waals surface area contributed by atoms with Crippen LogP contribution in [0.3, 0.4) is 0 Å². The number of hydrogen-bond acceptors (Lipinski definition) is 2. The third kappa shape index (κ3) is 2.82. The van der Waals surface area contributed by atoms with E-state index in [2.05, 4.69) is 11.7 Å². The number of nitrogens with zero attached hydrogens (tertiary/aromatic N) is 1. The maximum Gasteiger partial charge on any atom is 0.123 e. The van der Waals surface area contributed by atoms with E-state index in [1.807, 2.05) is 0 Å². The summed E-state index contributed by atoms with van der Waals surface area (Å²) in [6.07, 6.45) is 2.21. The van der Waals surface area contributed by atoms with Gasteiger partial charge >= 0.3 is 0 Å². The van der Waals surface area contributed by atoms with Crippen LogP contribution in [0.4, 0.5) is 0 Å². The van der Waals surface area contributed by atoms with Crippen molar-refractivity contribution in [3.8, 4) is 0 Å². The molecule has 0 heterocycles. The van der Waals surface area contributed by atoms with Crippen molar-refractivity contribution in [2.24, 2.45) is 16.7 Å². The van der Waals surface area contributed by atoms with E-state index in [1.165, 1.54) is 0 Å². The van der Waals surface area contributed by atoms with Crippen molar-refractivity contribution in [3.05, 3.63) is 12.7 Å². The maximum atomic E-state index is 5.14. The summed E-state index contributed by atoms with van der Waals surface area (Å²) in [7, 11) is 0. The van der Waals surface area contributed by atoms with E-state index in [0.717, 1.165) is 0 Å². The molecule has 0 amide bonds. The zero-order chi connectivity index (χ0) is 5.70. The number of hydrogen-bond donors (Lipinski definition) is 2. The molecule has 3 heteroatoms. The van der Waals surface area contributed by atoms with E-state index in [4.69, 9.17) is 11.6 Å². The maximum absolute atomic E-state index is 5.14. The molecule has 4 N–H and O–H groups in total. The molecule has 0 unspecified atom stereocenters. The zero-order valence-electron chi connectivity index (χ0n) is 4.09. The Morgan fingerprint density at radius 1 is 1.86 bits per heavy atom. The molecule has 0 aromatic carbocycles. The summed E-state index contributed by atoms with van der Waals surface area (Å²) >= 11 is 0. The van der Waals surface area contributed by atoms with Crippen LogP contribution < -0.4 is 11.6 Å². The predicted molar refractivity (Wildman–Crippen MR) is 30.6 cm³/mol. The van der Waals surface area contributed by atoms with Gasteiger partial charge in [-0.05, 0) is 0 Å². The first-order valence-corrected chi connectivity index (χ1v) is 1.94. The molecule has 0 aromatic rings. The molecule has 0 aliphatic carbocycles. The van der Waals surface area contributed by atoms with Gasteiger partial charge in [-0.2, -0.15) is 5.10 Å². The lowest BCUT2D eigenvalue weighted by atomic mass is 10.4. The average molecular weight is 99.1 g/mol. The van der Waals surface area contributed by atoms with Crippen molar-refractivity contribution in [2.45, 2.75) is 6.42 Å². The van der Waals surface area contributed by atoms with E-state index in [0.29, 0.717) is 12.3 Å². The van der Waals surface area contributed by atoms with Gasteiger partial charge in [0.05, 0.1) is 0 Å². The highest BCUT2D eigenvalue weighted by Gasteiger charge is 1.79. The van der Waals surface area contributed by atoms with Gasteiger partial charge in [0, 0.05) is 6.42 Å². The topological polar surface area (TPSA) is 64.4 Å². The molecule has 3 nitrogen and oxygen atoms in total. The molecule has 0 fully saturated rings. The van der Waals surface area contributed by atoms with Gasteiger partial charge in [0.1, 0.15) is 5.84 Å². The quantitative estimate of drug-likeness (QED) is 0.165. The molecule has 0 bridgehead atoms. The van der Waals surface area contributed by atoms with Crippen LogP contribution in [0.5, 0.6) is 0 Å². The first-order chi connectivity index (χ1) is 3.31. The van der Waals surface area contributed by atoms with Crippen molar-refractivity contribution in [1.29, 1.82) is 0 Å². The minimum absolute atomic E-state index is 0.412. The van der Waals surface area contributed by atoms with E-state index in [-0.39, 0.29) is 0 Å². The summed E-state index contributed by atoms with van der Waals surface area (Å²) in [5, 5.41) is 3.20. The molecular weight excluding hydrogens is 90.1 g/mol. The molecule has 0 spiro atoms. The summed E-state index contributed by atoms with van der Waals surface area (Å²) in [6, 6.07) is 0. The molecule has 0 aromatic heterocycles. The average Bonchev–Trinajstić information content (AvgIpc) is 1.68. The van der Waals surface area contributed by atoms with E-state index < -0.39 is 0 Å². The Morgan fingerprint density at radius 2 is 2.43 bits per heavy atom. The van der Waals surface area contributed by atoms with Crippen LogP contribution in [-0.4, -0.2) is 5.84 Å². The lowest BCUT2D eigenvalue weighted by Gasteiger charge is -1.86. The molecule has 0 rings (SSSR count). The Kier molecular flexibility index (Phi) is 2.76. The second kappa shape index (κ2) is 3.21. The summed E-state index contributed by atoms with van der Waals surface area (Å²) in [5.41, 5.74) is 5.14. The number of hydrazone groups is 1. The Balaban J connectivity index is 3.36. The first kappa shape index (κ1) is 6.01. The molecule has 0 saturated carbocycles. The lowest BCUT2D eigenvalue weighted by molar-refractivity contribution is 1.19. The highest BCUT2D eigenvalue weighted by Crippen LogP contribution is 1.74. The number of rotatable bonds is 2. The highest BCUT2D eigenvalue weighted by atomic mass is 15.1.